The molecule has 13 heavy (non-hydrogen) atoms. The molecular formula is C9H19AgNS2+. The Morgan fingerprint density at radius 3 is 1.77 bits per heavy atom. The Morgan fingerprint density at radius 1 is 1.15 bits per heavy atom. The van der Waals surface area contributed by atoms with Gasteiger partial charge >= 0.3 is 22.4 Å². The van der Waals surface area contributed by atoms with Gasteiger partial charge in [0, 0.05) is 13.1 Å². The summed E-state index contributed by atoms with van der Waals surface area (Å²) in [6.45, 7) is 6.52. The molecule has 0 spiro atoms. The molecule has 0 saturated carbocycles. The van der Waals surface area contributed by atoms with Gasteiger partial charge in [-0.25, -0.2) is 0 Å². The molecule has 82 valence electrons. The fourth-order valence-corrected chi connectivity index (χ4v) is 1.38. The van der Waals surface area contributed by atoms with Crippen LogP contribution in [0.5, 0.6) is 0 Å². The average Bonchev–Trinajstić information content (AvgIpc) is 2.04. The number of unbranched alkanes of at least 4 members (excludes halogenated alkanes) is 2. The van der Waals surface area contributed by atoms with Gasteiger partial charge in [0.15, 0.2) is 0 Å². The van der Waals surface area contributed by atoms with Gasteiger partial charge in [0.25, 0.3) is 0 Å². The van der Waals surface area contributed by atoms with E-state index in [1.807, 2.05) is 0 Å². The maximum Gasteiger partial charge on any atom is 1.00 e. The van der Waals surface area contributed by atoms with E-state index < -0.39 is 0 Å². The fourth-order valence-electron chi connectivity index (χ4n) is 1.00. The van der Waals surface area contributed by atoms with Gasteiger partial charge in [0.2, 0.25) is 0 Å². The van der Waals surface area contributed by atoms with E-state index in [1.165, 1.54) is 25.7 Å². The van der Waals surface area contributed by atoms with Crippen molar-refractivity contribution in [2.75, 3.05) is 13.1 Å². The molecule has 0 aromatic heterocycles. The Balaban J connectivity index is 0. The van der Waals surface area contributed by atoms with Crippen LogP contribution in [0.25, 0.3) is 0 Å². The number of rotatable bonds is 6. The topological polar surface area (TPSA) is 3.24 Å². The second kappa shape index (κ2) is 11.1. The van der Waals surface area contributed by atoms with Crippen molar-refractivity contribution in [3.05, 3.63) is 0 Å². The van der Waals surface area contributed by atoms with Crippen molar-refractivity contribution < 1.29 is 22.4 Å². The van der Waals surface area contributed by atoms with Crippen LogP contribution in [0.15, 0.2) is 0 Å². The molecule has 0 aliphatic heterocycles. The molecular weight excluding hydrogens is 294 g/mol. The number of thiocarbonyl (C=S) groups is 1. The van der Waals surface area contributed by atoms with Gasteiger partial charge in [0.1, 0.15) is 4.32 Å². The van der Waals surface area contributed by atoms with E-state index in [1.54, 1.807) is 0 Å². The van der Waals surface area contributed by atoms with Crippen molar-refractivity contribution in [1.29, 1.82) is 0 Å². The van der Waals surface area contributed by atoms with Crippen LogP contribution in [0.3, 0.4) is 0 Å². The van der Waals surface area contributed by atoms with E-state index in [0.29, 0.717) is 0 Å². The van der Waals surface area contributed by atoms with Crippen molar-refractivity contribution in [2.24, 2.45) is 0 Å². The quantitative estimate of drug-likeness (QED) is 0.456. The monoisotopic (exact) mass is 312 g/mol. The van der Waals surface area contributed by atoms with Crippen LogP contribution in [0.2, 0.25) is 0 Å². The minimum absolute atomic E-state index is 0. The minimum Gasteiger partial charge on any atom is -0.358 e. The maximum atomic E-state index is 5.03. The van der Waals surface area contributed by atoms with Crippen molar-refractivity contribution in [3.8, 4) is 0 Å². The second-order valence-electron chi connectivity index (χ2n) is 2.98. The van der Waals surface area contributed by atoms with Gasteiger partial charge in [-0.15, -0.1) is 12.6 Å². The third kappa shape index (κ3) is 9.29. The zero-order chi connectivity index (χ0) is 9.40. The molecule has 0 amide bonds. The van der Waals surface area contributed by atoms with Crippen LogP contribution in [0, 0.1) is 0 Å². The average molecular weight is 313 g/mol. The summed E-state index contributed by atoms with van der Waals surface area (Å²) in [4.78, 5) is 2.19. The predicted molar refractivity (Wildman–Crippen MR) is 63.0 cm³/mol. The number of thiol groups is 1. The molecule has 0 saturated heterocycles. The summed E-state index contributed by atoms with van der Waals surface area (Å²) in [5.74, 6) is 0. The van der Waals surface area contributed by atoms with Crippen LogP contribution < -0.4 is 0 Å². The van der Waals surface area contributed by atoms with Crippen LogP contribution in [-0.2, 0) is 22.4 Å². The van der Waals surface area contributed by atoms with Gasteiger partial charge in [-0.1, -0.05) is 38.9 Å². The molecule has 0 radical (unpaired) electrons. The number of hydrogen-bond donors (Lipinski definition) is 1. The van der Waals surface area contributed by atoms with E-state index >= 15 is 0 Å². The molecule has 4 heteroatoms. The normalized spacial score (nSPS) is 9.15. The Kier molecular flexibility index (Phi) is 14.0. The van der Waals surface area contributed by atoms with Crippen LogP contribution >= 0.6 is 24.8 Å². The Hall–Kier alpha value is 0.980. The first-order chi connectivity index (χ1) is 5.72. The molecule has 0 N–H and O–H groups in total. The summed E-state index contributed by atoms with van der Waals surface area (Å²) in [5, 5.41) is 0. The molecule has 0 aromatic carbocycles. The third-order valence-electron chi connectivity index (χ3n) is 1.83. The zero-order valence-electron chi connectivity index (χ0n) is 8.35. The largest absolute Gasteiger partial charge is 1.00 e. The van der Waals surface area contributed by atoms with E-state index in [-0.39, 0.29) is 22.4 Å². The summed E-state index contributed by atoms with van der Waals surface area (Å²) < 4.78 is 0.747. The van der Waals surface area contributed by atoms with E-state index in [0.717, 1.165) is 17.4 Å². The van der Waals surface area contributed by atoms with Crippen molar-refractivity contribution in [1.82, 2.24) is 4.90 Å². The summed E-state index contributed by atoms with van der Waals surface area (Å²) in [6.07, 6.45) is 4.87. The van der Waals surface area contributed by atoms with Gasteiger partial charge in [-0.3, -0.25) is 0 Å². The molecule has 0 atom stereocenters. The summed E-state index contributed by atoms with van der Waals surface area (Å²) in [6, 6.07) is 0. The number of nitrogens with zero attached hydrogens (tertiary/aromatic N) is 1. The molecule has 0 fully saturated rings. The molecule has 0 unspecified atom stereocenters. The van der Waals surface area contributed by atoms with Crippen LogP contribution in [-0.4, -0.2) is 22.3 Å². The molecule has 0 aromatic rings. The molecule has 0 rings (SSSR count). The molecule has 0 aliphatic rings. The smallest absolute Gasteiger partial charge is 0.358 e. The predicted octanol–water partition coefficient (Wildman–Crippen LogP) is 3.10. The first kappa shape index (κ1) is 16.4. The molecule has 1 nitrogen and oxygen atoms in total. The minimum atomic E-state index is 0. The van der Waals surface area contributed by atoms with Gasteiger partial charge < -0.3 is 4.90 Å². The standard InChI is InChI=1S/C9H19NS2.Ag/c1-3-5-7-10(9(11)12)8-6-4-2;/h3-8H2,1-2H3,(H,11,12);/q;+1. The SMILES string of the molecule is CCCCN(CCCC)C(=S)S.[Ag+]. The van der Waals surface area contributed by atoms with Crippen LogP contribution in [0.1, 0.15) is 39.5 Å². The molecule has 0 bridgehead atoms. The fraction of sp³-hybridized carbons (Fsp3) is 0.889. The van der Waals surface area contributed by atoms with Crippen LogP contribution in [0.4, 0.5) is 0 Å². The summed E-state index contributed by atoms with van der Waals surface area (Å²) in [7, 11) is 0. The summed E-state index contributed by atoms with van der Waals surface area (Å²) in [5.41, 5.74) is 0. The first-order valence-electron chi connectivity index (χ1n) is 4.70. The van der Waals surface area contributed by atoms with Gasteiger partial charge in [0.05, 0.1) is 0 Å². The van der Waals surface area contributed by atoms with E-state index in [9.17, 15) is 0 Å². The van der Waals surface area contributed by atoms with Crippen molar-refractivity contribution in [3.63, 3.8) is 0 Å². The van der Waals surface area contributed by atoms with Crippen molar-refractivity contribution in [2.45, 2.75) is 39.5 Å². The Bertz CT molecular complexity index is 123. The molecule has 0 aliphatic carbocycles. The first-order valence-corrected chi connectivity index (χ1v) is 5.55. The third-order valence-corrected chi connectivity index (χ3v) is 2.37. The Morgan fingerprint density at radius 2 is 1.54 bits per heavy atom. The van der Waals surface area contributed by atoms with Gasteiger partial charge in [-0.05, 0) is 12.8 Å². The van der Waals surface area contributed by atoms with Crippen molar-refractivity contribution >= 4 is 29.2 Å². The van der Waals surface area contributed by atoms with E-state index in [2.05, 4.69) is 31.4 Å². The van der Waals surface area contributed by atoms with Gasteiger partial charge in [-0.2, -0.15) is 0 Å². The molecule has 0 heterocycles. The van der Waals surface area contributed by atoms with E-state index in [4.69, 9.17) is 12.2 Å². The number of hydrogen-bond acceptors (Lipinski definition) is 1. The maximum absolute atomic E-state index is 5.03. The zero-order valence-corrected chi connectivity index (χ0v) is 11.5. The summed E-state index contributed by atoms with van der Waals surface area (Å²) >= 11 is 9.23. The second-order valence-corrected chi connectivity index (χ2v) is 4.09. The Labute approximate surface area is 109 Å².